The SMILES string of the molecule is COCC1CCN(C(=O)c2cc(N)c3ccccc3n2)C1. The Kier molecular flexibility index (Phi) is 3.75. The predicted molar refractivity (Wildman–Crippen MR) is 82.0 cm³/mol. The van der Waals surface area contributed by atoms with Gasteiger partial charge >= 0.3 is 0 Å². The van der Waals surface area contributed by atoms with Gasteiger partial charge in [0.15, 0.2) is 0 Å². The highest BCUT2D eigenvalue weighted by Gasteiger charge is 2.27. The molecule has 1 aliphatic heterocycles. The van der Waals surface area contributed by atoms with Crippen LogP contribution in [0.25, 0.3) is 10.9 Å². The number of carbonyl (C=O) groups is 1. The number of ether oxygens (including phenoxy) is 1. The van der Waals surface area contributed by atoms with Crippen LogP contribution in [0.15, 0.2) is 30.3 Å². The lowest BCUT2D eigenvalue weighted by Crippen LogP contribution is -2.30. The smallest absolute Gasteiger partial charge is 0.272 e. The number of para-hydroxylation sites is 1. The molecule has 0 radical (unpaired) electrons. The Morgan fingerprint density at radius 3 is 3.10 bits per heavy atom. The summed E-state index contributed by atoms with van der Waals surface area (Å²) < 4.78 is 5.16. The Morgan fingerprint density at radius 1 is 1.48 bits per heavy atom. The van der Waals surface area contributed by atoms with Crippen molar-refractivity contribution in [2.24, 2.45) is 5.92 Å². The van der Waals surface area contributed by atoms with E-state index in [0.29, 0.717) is 23.9 Å². The van der Waals surface area contributed by atoms with Crippen LogP contribution >= 0.6 is 0 Å². The molecule has 1 saturated heterocycles. The molecule has 21 heavy (non-hydrogen) atoms. The van der Waals surface area contributed by atoms with E-state index in [1.165, 1.54) is 0 Å². The zero-order valence-corrected chi connectivity index (χ0v) is 12.1. The molecule has 5 heteroatoms. The molecule has 1 unspecified atom stereocenters. The molecule has 1 aromatic carbocycles. The Hall–Kier alpha value is -2.14. The normalized spacial score (nSPS) is 18.3. The van der Waals surface area contributed by atoms with Crippen LogP contribution in [0.2, 0.25) is 0 Å². The van der Waals surface area contributed by atoms with Gasteiger partial charge in [-0.25, -0.2) is 4.98 Å². The zero-order chi connectivity index (χ0) is 14.8. The molecule has 0 saturated carbocycles. The molecule has 2 aromatic rings. The molecule has 1 aromatic heterocycles. The number of nitrogens with zero attached hydrogens (tertiary/aromatic N) is 2. The molecule has 1 fully saturated rings. The average Bonchev–Trinajstić information content (AvgIpc) is 2.95. The molecule has 0 spiro atoms. The van der Waals surface area contributed by atoms with Crippen LogP contribution in [0.1, 0.15) is 16.9 Å². The summed E-state index contributed by atoms with van der Waals surface area (Å²) in [7, 11) is 1.69. The first kappa shape index (κ1) is 13.8. The number of rotatable bonds is 3. The molecule has 0 aliphatic carbocycles. The van der Waals surface area contributed by atoms with E-state index in [2.05, 4.69) is 4.98 Å². The Morgan fingerprint density at radius 2 is 2.29 bits per heavy atom. The van der Waals surface area contributed by atoms with Gasteiger partial charge in [0.2, 0.25) is 0 Å². The quantitative estimate of drug-likeness (QED) is 0.935. The van der Waals surface area contributed by atoms with Gasteiger partial charge in [-0.05, 0) is 18.6 Å². The van der Waals surface area contributed by atoms with Crippen LogP contribution in [0, 0.1) is 5.92 Å². The number of hydrogen-bond acceptors (Lipinski definition) is 4. The Balaban J connectivity index is 1.85. The second kappa shape index (κ2) is 5.69. The molecular weight excluding hydrogens is 266 g/mol. The van der Waals surface area contributed by atoms with E-state index in [4.69, 9.17) is 10.5 Å². The van der Waals surface area contributed by atoms with Crippen molar-refractivity contribution in [3.05, 3.63) is 36.0 Å². The predicted octanol–water partition coefficient (Wildman–Crippen LogP) is 1.93. The number of amides is 1. The molecule has 1 amide bonds. The van der Waals surface area contributed by atoms with Crippen molar-refractivity contribution in [2.45, 2.75) is 6.42 Å². The molecule has 0 bridgehead atoms. The summed E-state index contributed by atoms with van der Waals surface area (Å²) in [5.41, 5.74) is 7.81. The number of benzene rings is 1. The van der Waals surface area contributed by atoms with Gasteiger partial charge < -0.3 is 15.4 Å². The molecular formula is C16H19N3O2. The third kappa shape index (κ3) is 2.69. The van der Waals surface area contributed by atoms with Gasteiger partial charge in [0, 0.05) is 37.2 Å². The van der Waals surface area contributed by atoms with Gasteiger partial charge in [0.1, 0.15) is 5.69 Å². The number of aromatic nitrogens is 1. The van der Waals surface area contributed by atoms with Crippen LogP contribution in [-0.2, 0) is 4.74 Å². The first-order valence-electron chi connectivity index (χ1n) is 7.12. The topological polar surface area (TPSA) is 68.5 Å². The average molecular weight is 285 g/mol. The fraction of sp³-hybridized carbons (Fsp3) is 0.375. The molecule has 110 valence electrons. The summed E-state index contributed by atoms with van der Waals surface area (Å²) >= 11 is 0. The second-order valence-electron chi connectivity index (χ2n) is 5.48. The van der Waals surface area contributed by atoms with E-state index in [1.807, 2.05) is 29.2 Å². The number of fused-ring (bicyclic) bond motifs is 1. The highest BCUT2D eigenvalue weighted by Crippen LogP contribution is 2.23. The molecule has 1 atom stereocenters. The van der Waals surface area contributed by atoms with E-state index < -0.39 is 0 Å². The van der Waals surface area contributed by atoms with Crippen LogP contribution in [0.3, 0.4) is 0 Å². The third-order valence-electron chi connectivity index (χ3n) is 3.94. The van der Waals surface area contributed by atoms with Crippen molar-refractivity contribution < 1.29 is 9.53 Å². The van der Waals surface area contributed by atoms with Gasteiger partial charge in [-0.3, -0.25) is 4.79 Å². The fourth-order valence-corrected chi connectivity index (χ4v) is 2.86. The van der Waals surface area contributed by atoms with Crippen molar-refractivity contribution in [3.8, 4) is 0 Å². The summed E-state index contributed by atoms with van der Waals surface area (Å²) in [6.07, 6.45) is 0.975. The van der Waals surface area contributed by atoms with E-state index in [9.17, 15) is 4.79 Å². The maximum absolute atomic E-state index is 12.6. The minimum absolute atomic E-state index is 0.0499. The minimum Gasteiger partial charge on any atom is -0.398 e. The van der Waals surface area contributed by atoms with E-state index in [1.54, 1.807) is 13.2 Å². The Labute approximate surface area is 123 Å². The first-order chi connectivity index (χ1) is 10.2. The maximum atomic E-state index is 12.6. The number of pyridine rings is 1. The van der Waals surface area contributed by atoms with Gasteiger partial charge in [-0.1, -0.05) is 18.2 Å². The van der Waals surface area contributed by atoms with Gasteiger partial charge in [0.05, 0.1) is 12.1 Å². The van der Waals surface area contributed by atoms with Gasteiger partial charge in [-0.15, -0.1) is 0 Å². The molecule has 5 nitrogen and oxygen atoms in total. The lowest BCUT2D eigenvalue weighted by Gasteiger charge is -2.16. The number of carbonyl (C=O) groups excluding carboxylic acids is 1. The summed E-state index contributed by atoms with van der Waals surface area (Å²) in [6, 6.07) is 9.27. The van der Waals surface area contributed by atoms with Crippen molar-refractivity contribution in [1.29, 1.82) is 0 Å². The van der Waals surface area contributed by atoms with Crippen molar-refractivity contribution in [3.63, 3.8) is 0 Å². The summed E-state index contributed by atoms with van der Waals surface area (Å²) in [6.45, 7) is 2.17. The lowest BCUT2D eigenvalue weighted by molar-refractivity contribution is 0.0770. The highest BCUT2D eigenvalue weighted by molar-refractivity contribution is 5.99. The summed E-state index contributed by atoms with van der Waals surface area (Å²) in [4.78, 5) is 18.8. The third-order valence-corrected chi connectivity index (χ3v) is 3.94. The van der Waals surface area contributed by atoms with E-state index in [-0.39, 0.29) is 5.91 Å². The minimum atomic E-state index is -0.0499. The van der Waals surface area contributed by atoms with Gasteiger partial charge in [0.25, 0.3) is 5.91 Å². The van der Waals surface area contributed by atoms with Crippen LogP contribution in [0.5, 0.6) is 0 Å². The van der Waals surface area contributed by atoms with E-state index >= 15 is 0 Å². The number of methoxy groups -OCH3 is 1. The number of nitrogen functional groups attached to an aromatic ring is 1. The van der Waals surface area contributed by atoms with Crippen molar-refractivity contribution >= 4 is 22.5 Å². The van der Waals surface area contributed by atoms with Crippen molar-refractivity contribution in [2.75, 3.05) is 32.5 Å². The standard InChI is InChI=1S/C16H19N3O2/c1-21-10-11-6-7-19(9-11)16(20)15-8-13(17)12-4-2-3-5-14(12)18-15/h2-5,8,11H,6-7,9-10H2,1H3,(H2,17,18). The van der Waals surface area contributed by atoms with Crippen LogP contribution in [0.4, 0.5) is 5.69 Å². The zero-order valence-electron chi connectivity index (χ0n) is 12.1. The number of nitrogens with two attached hydrogens (primary N) is 1. The number of anilines is 1. The fourth-order valence-electron chi connectivity index (χ4n) is 2.86. The van der Waals surface area contributed by atoms with Crippen molar-refractivity contribution in [1.82, 2.24) is 9.88 Å². The summed E-state index contributed by atoms with van der Waals surface area (Å²) in [5.74, 6) is 0.364. The molecule has 2 N–H and O–H groups in total. The number of likely N-dealkylation sites (tertiary alicyclic amines) is 1. The number of hydrogen-bond donors (Lipinski definition) is 1. The van der Waals surface area contributed by atoms with E-state index in [0.717, 1.165) is 30.4 Å². The Bertz CT molecular complexity index is 672. The van der Waals surface area contributed by atoms with Crippen LogP contribution < -0.4 is 5.73 Å². The summed E-state index contributed by atoms with van der Waals surface area (Å²) in [5, 5.41) is 0.882. The second-order valence-corrected chi connectivity index (χ2v) is 5.48. The maximum Gasteiger partial charge on any atom is 0.272 e. The largest absolute Gasteiger partial charge is 0.398 e. The molecule has 1 aliphatic rings. The van der Waals surface area contributed by atoms with Gasteiger partial charge in [-0.2, -0.15) is 0 Å². The molecule has 2 heterocycles. The lowest BCUT2D eigenvalue weighted by atomic mass is 10.1. The highest BCUT2D eigenvalue weighted by atomic mass is 16.5. The molecule has 3 rings (SSSR count). The van der Waals surface area contributed by atoms with Crippen LogP contribution in [-0.4, -0.2) is 42.6 Å². The first-order valence-corrected chi connectivity index (χ1v) is 7.12. The monoisotopic (exact) mass is 285 g/mol.